The molecule has 0 unspecified atom stereocenters. The Labute approximate surface area is 187 Å². The van der Waals surface area contributed by atoms with E-state index < -0.39 is 11.7 Å². The molecule has 0 saturated heterocycles. The molecule has 0 aliphatic rings. The molecule has 2 amide bonds. The minimum atomic E-state index is -0.597. The number of nitrogens with zero attached hydrogens (tertiary/aromatic N) is 1. The normalized spacial score (nSPS) is 12.2. The first-order chi connectivity index (χ1) is 14.6. The average molecular weight is 444 g/mol. The molecule has 2 aromatic rings. The predicted octanol–water partition coefficient (Wildman–Crippen LogP) is 5.58. The monoisotopic (exact) mass is 443 g/mol. The van der Waals surface area contributed by atoms with Crippen molar-refractivity contribution >= 4 is 35.4 Å². The van der Waals surface area contributed by atoms with Gasteiger partial charge in [0.25, 0.3) is 0 Å². The fourth-order valence-corrected chi connectivity index (χ4v) is 2.60. The zero-order valence-corrected chi connectivity index (χ0v) is 18.7. The lowest BCUT2D eigenvalue weighted by molar-refractivity contribution is -0.119. The molecule has 0 saturated carbocycles. The molecular weight excluding hydrogens is 418 g/mol. The lowest BCUT2D eigenvalue weighted by atomic mass is 10.2. The van der Waals surface area contributed by atoms with Gasteiger partial charge in [-0.1, -0.05) is 29.8 Å². The molecule has 0 aliphatic carbocycles. The molecule has 2 rings (SSSR count). The summed E-state index contributed by atoms with van der Waals surface area (Å²) in [5.41, 5.74) is 0.712. The van der Waals surface area contributed by atoms with Gasteiger partial charge in [-0.15, -0.1) is 6.58 Å². The molecule has 2 N–H and O–H groups in total. The SMILES string of the molecule is C=C[C@@H](/C=C/c1ccc(Oc2ccc(NC(=O)OC(C)(C)C)cc2Cl)nc1)NC(C)=O. The number of ether oxygens (including phenoxy) is 2. The quantitative estimate of drug-likeness (QED) is 0.545. The third-order valence-electron chi connectivity index (χ3n) is 3.67. The summed E-state index contributed by atoms with van der Waals surface area (Å²) >= 11 is 6.27. The number of aromatic nitrogens is 1. The maximum atomic E-state index is 11.9. The van der Waals surface area contributed by atoms with Crippen LogP contribution in [0.15, 0.2) is 55.3 Å². The lowest BCUT2D eigenvalue weighted by Gasteiger charge is -2.19. The van der Waals surface area contributed by atoms with Crippen molar-refractivity contribution in [3.63, 3.8) is 0 Å². The summed E-state index contributed by atoms with van der Waals surface area (Å²) < 4.78 is 10.9. The standard InChI is InChI=1S/C23H26ClN3O4/c1-6-17(26-15(2)28)9-7-16-8-12-21(25-14-16)30-20-11-10-18(13-19(20)24)27-22(29)31-23(3,4)5/h6-14,17H,1H2,2-5H3,(H,26,28)(H,27,29)/b9-7+/t17-/m0/s1. The van der Waals surface area contributed by atoms with Crippen molar-refractivity contribution < 1.29 is 19.1 Å². The molecule has 8 heteroatoms. The fraction of sp³-hybridized carbons (Fsp3) is 0.261. The van der Waals surface area contributed by atoms with Crippen LogP contribution >= 0.6 is 11.6 Å². The number of amides is 2. The molecule has 0 radical (unpaired) electrons. The molecule has 1 aromatic carbocycles. The Morgan fingerprint density at radius 2 is 1.97 bits per heavy atom. The van der Waals surface area contributed by atoms with Gasteiger partial charge in [0, 0.05) is 24.9 Å². The molecule has 0 spiro atoms. The second-order valence-electron chi connectivity index (χ2n) is 7.63. The molecule has 1 heterocycles. The van der Waals surface area contributed by atoms with Crippen LogP contribution in [0, 0.1) is 0 Å². The third-order valence-corrected chi connectivity index (χ3v) is 3.97. The molecule has 1 atom stereocenters. The summed E-state index contributed by atoms with van der Waals surface area (Å²) in [6, 6.07) is 8.10. The second-order valence-corrected chi connectivity index (χ2v) is 8.03. The fourth-order valence-electron chi connectivity index (χ4n) is 2.38. The Morgan fingerprint density at radius 3 is 2.52 bits per heavy atom. The summed E-state index contributed by atoms with van der Waals surface area (Å²) in [7, 11) is 0. The maximum Gasteiger partial charge on any atom is 0.412 e. The molecule has 31 heavy (non-hydrogen) atoms. The number of hydrogen-bond acceptors (Lipinski definition) is 5. The van der Waals surface area contributed by atoms with Crippen molar-refractivity contribution in [1.82, 2.24) is 10.3 Å². The highest BCUT2D eigenvalue weighted by molar-refractivity contribution is 6.32. The number of carbonyl (C=O) groups is 2. The van der Waals surface area contributed by atoms with Gasteiger partial charge >= 0.3 is 6.09 Å². The zero-order valence-electron chi connectivity index (χ0n) is 17.9. The van der Waals surface area contributed by atoms with Crippen LogP contribution in [0.25, 0.3) is 6.08 Å². The van der Waals surface area contributed by atoms with Gasteiger partial charge in [-0.3, -0.25) is 10.1 Å². The van der Waals surface area contributed by atoms with E-state index in [1.165, 1.54) is 6.92 Å². The number of pyridine rings is 1. The first-order valence-corrected chi connectivity index (χ1v) is 9.95. The Bertz CT molecular complexity index is 966. The molecule has 0 aliphatic heterocycles. The van der Waals surface area contributed by atoms with Crippen molar-refractivity contribution in [2.24, 2.45) is 0 Å². The number of nitrogens with one attached hydrogen (secondary N) is 2. The first kappa shape index (κ1) is 24.0. The molecule has 0 fully saturated rings. The van der Waals surface area contributed by atoms with E-state index in [1.54, 1.807) is 63.4 Å². The minimum absolute atomic E-state index is 0.138. The Kier molecular flexibility index (Phi) is 8.22. The van der Waals surface area contributed by atoms with Crippen molar-refractivity contribution in [2.75, 3.05) is 5.32 Å². The van der Waals surface area contributed by atoms with Crippen molar-refractivity contribution in [1.29, 1.82) is 0 Å². The van der Waals surface area contributed by atoms with Crippen LogP contribution in [0.2, 0.25) is 5.02 Å². The number of halogens is 1. The predicted molar refractivity (Wildman–Crippen MR) is 122 cm³/mol. The van der Waals surface area contributed by atoms with E-state index in [0.717, 1.165) is 5.56 Å². The van der Waals surface area contributed by atoms with E-state index in [1.807, 2.05) is 12.1 Å². The first-order valence-electron chi connectivity index (χ1n) is 9.57. The van der Waals surface area contributed by atoms with Crippen molar-refractivity contribution in [2.45, 2.75) is 39.3 Å². The lowest BCUT2D eigenvalue weighted by Crippen LogP contribution is -2.29. The number of benzene rings is 1. The highest BCUT2D eigenvalue weighted by atomic mass is 35.5. The van der Waals surface area contributed by atoms with Gasteiger partial charge < -0.3 is 14.8 Å². The summed E-state index contributed by atoms with van der Waals surface area (Å²) in [5, 5.41) is 5.67. The summed E-state index contributed by atoms with van der Waals surface area (Å²) in [6.07, 6.45) is 6.32. The van der Waals surface area contributed by atoms with E-state index in [9.17, 15) is 9.59 Å². The average Bonchev–Trinajstić information content (AvgIpc) is 2.66. The number of hydrogen-bond donors (Lipinski definition) is 2. The van der Waals surface area contributed by atoms with Crippen LogP contribution in [0.3, 0.4) is 0 Å². The van der Waals surface area contributed by atoms with E-state index in [0.29, 0.717) is 22.3 Å². The summed E-state index contributed by atoms with van der Waals surface area (Å²) in [5.74, 6) is 0.610. The molecular formula is C23H26ClN3O4. The van der Waals surface area contributed by atoms with Crippen LogP contribution < -0.4 is 15.4 Å². The molecule has 1 aromatic heterocycles. The highest BCUT2D eigenvalue weighted by Gasteiger charge is 2.16. The van der Waals surface area contributed by atoms with Gasteiger partial charge in [0.1, 0.15) is 11.4 Å². The van der Waals surface area contributed by atoms with Gasteiger partial charge in [0.15, 0.2) is 0 Å². The topological polar surface area (TPSA) is 89.6 Å². The summed E-state index contributed by atoms with van der Waals surface area (Å²) in [4.78, 5) is 27.3. The Balaban J connectivity index is 2.00. The number of rotatable bonds is 7. The van der Waals surface area contributed by atoms with Crippen LogP contribution in [0.4, 0.5) is 10.5 Å². The maximum absolute atomic E-state index is 11.9. The third kappa shape index (κ3) is 8.52. The van der Waals surface area contributed by atoms with Gasteiger partial charge in [-0.25, -0.2) is 9.78 Å². The molecule has 0 bridgehead atoms. The van der Waals surface area contributed by atoms with Crippen molar-refractivity contribution in [3.8, 4) is 11.6 Å². The van der Waals surface area contributed by atoms with Gasteiger partial charge in [-0.2, -0.15) is 0 Å². The van der Waals surface area contributed by atoms with Crippen LogP contribution in [-0.2, 0) is 9.53 Å². The largest absolute Gasteiger partial charge is 0.444 e. The Morgan fingerprint density at radius 1 is 1.23 bits per heavy atom. The van der Waals surface area contributed by atoms with Gasteiger partial charge in [-0.05, 0) is 50.6 Å². The van der Waals surface area contributed by atoms with Crippen LogP contribution in [0.5, 0.6) is 11.6 Å². The van der Waals surface area contributed by atoms with Crippen LogP contribution in [0.1, 0.15) is 33.3 Å². The van der Waals surface area contributed by atoms with Gasteiger partial charge in [0.05, 0.1) is 11.1 Å². The van der Waals surface area contributed by atoms with Crippen LogP contribution in [-0.4, -0.2) is 28.6 Å². The van der Waals surface area contributed by atoms with Gasteiger partial charge in [0.2, 0.25) is 11.8 Å². The Hall–Kier alpha value is -3.32. The molecule has 164 valence electrons. The van der Waals surface area contributed by atoms with Crippen molar-refractivity contribution in [3.05, 3.63) is 65.8 Å². The van der Waals surface area contributed by atoms with E-state index in [2.05, 4.69) is 22.2 Å². The minimum Gasteiger partial charge on any atom is -0.444 e. The molecule has 7 nitrogen and oxygen atoms in total. The number of carbonyl (C=O) groups excluding carboxylic acids is 2. The van der Waals surface area contributed by atoms with E-state index in [-0.39, 0.29) is 11.9 Å². The van der Waals surface area contributed by atoms with E-state index >= 15 is 0 Å². The number of anilines is 1. The highest BCUT2D eigenvalue weighted by Crippen LogP contribution is 2.31. The second kappa shape index (κ2) is 10.6. The zero-order chi connectivity index (χ0) is 23.0. The van der Waals surface area contributed by atoms with E-state index in [4.69, 9.17) is 21.1 Å². The summed E-state index contributed by atoms with van der Waals surface area (Å²) in [6.45, 7) is 10.5. The smallest absolute Gasteiger partial charge is 0.412 e.